The van der Waals surface area contributed by atoms with Crippen LogP contribution in [0.3, 0.4) is 0 Å². The van der Waals surface area contributed by atoms with Crippen molar-refractivity contribution >= 4 is 39.0 Å². The van der Waals surface area contributed by atoms with Crippen molar-refractivity contribution in [1.29, 1.82) is 0 Å². The Morgan fingerprint density at radius 2 is 2.13 bits per heavy atom. The predicted octanol–water partition coefficient (Wildman–Crippen LogP) is 3.17. The maximum absolute atomic E-state index is 11.4. The molecular formula is C9H7BrClNO3. The van der Waals surface area contributed by atoms with Gasteiger partial charge in [0.15, 0.2) is 5.78 Å². The van der Waals surface area contributed by atoms with E-state index in [2.05, 4.69) is 15.9 Å². The Morgan fingerprint density at radius 1 is 1.47 bits per heavy atom. The number of Topliss-reactive ketones (excluding diaryl/α,β-unsaturated/α-hetero) is 1. The lowest BCUT2D eigenvalue weighted by Crippen LogP contribution is -2.01. The molecule has 0 aromatic heterocycles. The van der Waals surface area contributed by atoms with E-state index in [4.69, 9.17) is 11.6 Å². The summed E-state index contributed by atoms with van der Waals surface area (Å²) < 4.78 is 0.509. The highest BCUT2D eigenvalue weighted by Gasteiger charge is 2.13. The van der Waals surface area contributed by atoms with Crippen molar-refractivity contribution < 1.29 is 9.72 Å². The molecular weight excluding hydrogens is 285 g/mol. The Morgan fingerprint density at radius 3 is 2.67 bits per heavy atom. The molecule has 0 aliphatic heterocycles. The van der Waals surface area contributed by atoms with Gasteiger partial charge in [-0.15, -0.1) is 11.6 Å². The summed E-state index contributed by atoms with van der Waals surface area (Å²) in [5.41, 5.74) is 0.194. The fraction of sp³-hybridized carbons (Fsp3) is 0.222. The topological polar surface area (TPSA) is 60.2 Å². The van der Waals surface area contributed by atoms with Crippen LogP contribution < -0.4 is 0 Å². The third-order valence-corrected chi connectivity index (χ3v) is 2.38. The maximum atomic E-state index is 11.4. The van der Waals surface area contributed by atoms with Crippen molar-refractivity contribution in [1.82, 2.24) is 0 Å². The van der Waals surface area contributed by atoms with Gasteiger partial charge in [0.25, 0.3) is 5.69 Å². The molecule has 1 rings (SSSR count). The van der Waals surface area contributed by atoms with Crippen LogP contribution in [0.5, 0.6) is 0 Å². The number of nitrogens with zero attached hydrogens (tertiary/aromatic N) is 1. The van der Waals surface area contributed by atoms with Crippen LogP contribution in [0.25, 0.3) is 0 Å². The van der Waals surface area contributed by atoms with Gasteiger partial charge in [0.2, 0.25) is 0 Å². The molecule has 0 bridgehead atoms. The monoisotopic (exact) mass is 291 g/mol. The molecule has 15 heavy (non-hydrogen) atoms. The Balaban J connectivity index is 3.09. The van der Waals surface area contributed by atoms with E-state index in [0.717, 1.165) is 0 Å². The van der Waals surface area contributed by atoms with Crippen LogP contribution in [-0.4, -0.2) is 16.6 Å². The first-order chi connectivity index (χ1) is 7.04. The first-order valence-electron chi connectivity index (χ1n) is 4.08. The lowest BCUT2D eigenvalue weighted by Gasteiger charge is -2.00. The van der Waals surface area contributed by atoms with Crippen LogP contribution >= 0.6 is 27.5 Å². The summed E-state index contributed by atoms with van der Waals surface area (Å²) in [4.78, 5) is 21.4. The van der Waals surface area contributed by atoms with E-state index in [-0.39, 0.29) is 23.8 Å². The molecule has 0 fully saturated rings. The second-order valence-corrected chi connectivity index (χ2v) is 4.11. The summed E-state index contributed by atoms with van der Waals surface area (Å²) >= 11 is 8.53. The molecule has 0 saturated carbocycles. The highest BCUT2D eigenvalue weighted by Crippen LogP contribution is 2.22. The molecule has 0 heterocycles. The van der Waals surface area contributed by atoms with Crippen LogP contribution in [0.4, 0.5) is 5.69 Å². The third kappa shape index (κ3) is 3.28. The lowest BCUT2D eigenvalue weighted by atomic mass is 10.1. The molecule has 4 nitrogen and oxygen atoms in total. The number of nitro groups is 1. The molecule has 0 amide bonds. The highest BCUT2D eigenvalue weighted by atomic mass is 79.9. The van der Waals surface area contributed by atoms with Gasteiger partial charge in [-0.25, -0.2) is 0 Å². The van der Waals surface area contributed by atoms with Crippen LogP contribution in [0.15, 0.2) is 22.7 Å². The summed E-state index contributed by atoms with van der Waals surface area (Å²) in [7, 11) is 0. The summed E-state index contributed by atoms with van der Waals surface area (Å²) in [6.45, 7) is 0. The van der Waals surface area contributed by atoms with E-state index in [1.165, 1.54) is 12.1 Å². The number of hydrogen-bond acceptors (Lipinski definition) is 3. The number of ketones is 1. The van der Waals surface area contributed by atoms with E-state index in [0.29, 0.717) is 10.0 Å². The van der Waals surface area contributed by atoms with Crippen LogP contribution in [0.2, 0.25) is 0 Å². The van der Waals surface area contributed by atoms with Gasteiger partial charge in [-0.3, -0.25) is 14.9 Å². The summed E-state index contributed by atoms with van der Waals surface area (Å²) in [6.07, 6.45) is 0.176. The summed E-state index contributed by atoms with van der Waals surface area (Å²) in [6, 6.07) is 4.14. The average Bonchev–Trinajstić information content (AvgIpc) is 2.17. The fourth-order valence-corrected chi connectivity index (χ4v) is 1.72. The van der Waals surface area contributed by atoms with Gasteiger partial charge < -0.3 is 0 Å². The van der Waals surface area contributed by atoms with Crippen molar-refractivity contribution in [2.45, 2.75) is 6.42 Å². The Kier molecular flexibility index (Phi) is 4.23. The van der Waals surface area contributed by atoms with Crippen LogP contribution in [0.1, 0.15) is 16.8 Å². The molecule has 0 atom stereocenters. The smallest absolute Gasteiger partial charge is 0.271 e. The molecule has 0 saturated heterocycles. The molecule has 0 N–H and O–H groups in total. The number of hydrogen-bond donors (Lipinski definition) is 0. The van der Waals surface area contributed by atoms with Gasteiger partial charge in [0.05, 0.1) is 4.92 Å². The Labute approximate surface area is 99.5 Å². The van der Waals surface area contributed by atoms with Gasteiger partial charge in [-0.2, -0.15) is 0 Å². The van der Waals surface area contributed by atoms with Gasteiger partial charge in [-0.05, 0) is 6.07 Å². The molecule has 0 spiro atoms. The van der Waals surface area contributed by atoms with Gasteiger partial charge in [0, 0.05) is 34.5 Å². The number of nitro benzene ring substituents is 1. The first-order valence-corrected chi connectivity index (χ1v) is 5.41. The number of non-ortho nitro benzene ring substituents is 1. The largest absolute Gasteiger partial charge is 0.294 e. The maximum Gasteiger partial charge on any atom is 0.271 e. The van der Waals surface area contributed by atoms with E-state index in [1.54, 1.807) is 6.07 Å². The molecule has 1 aromatic rings. The molecule has 6 heteroatoms. The number of rotatable bonds is 4. The standard InChI is InChI=1S/C9H7BrClNO3/c10-7-3-6(9(13)1-2-11)4-8(5-7)12(14)15/h3-5H,1-2H2. The first kappa shape index (κ1) is 12.1. The minimum atomic E-state index is -0.539. The second kappa shape index (κ2) is 5.23. The summed E-state index contributed by atoms with van der Waals surface area (Å²) in [5.74, 6) is 0.00785. The van der Waals surface area contributed by atoms with Crippen LogP contribution in [0, 0.1) is 10.1 Å². The van der Waals surface area contributed by atoms with E-state index in [9.17, 15) is 14.9 Å². The minimum absolute atomic E-state index is 0.109. The van der Waals surface area contributed by atoms with Gasteiger partial charge in [0.1, 0.15) is 0 Å². The zero-order valence-corrected chi connectivity index (χ0v) is 9.92. The van der Waals surface area contributed by atoms with Crippen molar-refractivity contribution in [2.75, 3.05) is 5.88 Å². The zero-order chi connectivity index (χ0) is 11.4. The SMILES string of the molecule is O=C(CCCl)c1cc(Br)cc([N+](=O)[O-])c1. The van der Waals surface area contributed by atoms with E-state index in [1.807, 2.05) is 0 Å². The number of carbonyl (C=O) groups excluding carboxylic acids is 1. The fourth-order valence-electron chi connectivity index (χ4n) is 1.07. The van der Waals surface area contributed by atoms with Crippen LogP contribution in [-0.2, 0) is 0 Å². The van der Waals surface area contributed by atoms with Crippen molar-refractivity contribution in [3.05, 3.63) is 38.3 Å². The van der Waals surface area contributed by atoms with Crippen molar-refractivity contribution in [2.24, 2.45) is 0 Å². The normalized spacial score (nSPS) is 10.0. The second-order valence-electron chi connectivity index (χ2n) is 2.82. The third-order valence-electron chi connectivity index (χ3n) is 1.74. The number of carbonyl (C=O) groups is 1. The Hall–Kier alpha value is -0.940. The predicted molar refractivity (Wildman–Crippen MR) is 60.5 cm³/mol. The van der Waals surface area contributed by atoms with Gasteiger partial charge >= 0.3 is 0 Å². The number of halogens is 2. The lowest BCUT2D eigenvalue weighted by molar-refractivity contribution is -0.384. The molecule has 0 aliphatic carbocycles. The molecule has 80 valence electrons. The number of alkyl halides is 1. The molecule has 1 aromatic carbocycles. The van der Waals surface area contributed by atoms with E-state index >= 15 is 0 Å². The molecule has 0 radical (unpaired) electrons. The highest BCUT2D eigenvalue weighted by molar-refractivity contribution is 9.10. The minimum Gasteiger partial charge on any atom is -0.294 e. The molecule has 0 aliphatic rings. The number of benzene rings is 1. The Bertz CT molecular complexity index is 408. The van der Waals surface area contributed by atoms with Crippen molar-refractivity contribution in [3.63, 3.8) is 0 Å². The average molecular weight is 293 g/mol. The quantitative estimate of drug-likeness (QED) is 0.371. The van der Waals surface area contributed by atoms with Crippen molar-refractivity contribution in [3.8, 4) is 0 Å². The zero-order valence-electron chi connectivity index (χ0n) is 7.57. The van der Waals surface area contributed by atoms with E-state index < -0.39 is 4.92 Å². The molecule has 0 unspecified atom stereocenters. The summed E-state index contributed by atoms with van der Waals surface area (Å²) in [5, 5.41) is 10.5. The van der Waals surface area contributed by atoms with Gasteiger partial charge in [-0.1, -0.05) is 15.9 Å².